The molecular weight excluding hydrogens is 257 g/mol. The van der Waals surface area contributed by atoms with Gasteiger partial charge in [-0.05, 0) is 18.6 Å². The maximum Gasteiger partial charge on any atom is 0.136 e. The Morgan fingerprint density at radius 2 is 2.25 bits per heavy atom. The van der Waals surface area contributed by atoms with Crippen LogP contribution in [0.5, 0.6) is 5.75 Å². The van der Waals surface area contributed by atoms with E-state index < -0.39 is 0 Å². The summed E-state index contributed by atoms with van der Waals surface area (Å²) in [6, 6.07) is 4.92. The molecule has 1 aliphatic rings. The highest BCUT2D eigenvalue weighted by Crippen LogP contribution is 2.34. The molecule has 2 atom stereocenters. The van der Waals surface area contributed by atoms with Gasteiger partial charge in [0.2, 0.25) is 0 Å². The Balaban J connectivity index is 2.11. The third-order valence-corrected chi connectivity index (χ3v) is 3.79. The van der Waals surface area contributed by atoms with E-state index in [1.807, 2.05) is 10.8 Å². The molecule has 20 heavy (non-hydrogen) atoms. The van der Waals surface area contributed by atoms with Crippen LogP contribution in [0.4, 0.5) is 4.39 Å². The number of hydrogen-bond donors (Lipinski definition) is 1. The minimum atomic E-state index is -0.322. The van der Waals surface area contributed by atoms with E-state index in [0.29, 0.717) is 17.0 Å². The summed E-state index contributed by atoms with van der Waals surface area (Å²) in [7, 11) is 1.53. The maximum atomic E-state index is 14.1. The van der Waals surface area contributed by atoms with Crippen molar-refractivity contribution >= 4 is 0 Å². The molecule has 0 saturated heterocycles. The molecule has 5 heteroatoms. The van der Waals surface area contributed by atoms with E-state index in [9.17, 15) is 4.39 Å². The van der Waals surface area contributed by atoms with Crippen molar-refractivity contribution in [3.05, 3.63) is 36.0 Å². The third kappa shape index (κ3) is 2.08. The van der Waals surface area contributed by atoms with E-state index >= 15 is 0 Å². The molecule has 0 aliphatic carbocycles. The second-order valence-corrected chi connectivity index (χ2v) is 5.35. The van der Waals surface area contributed by atoms with Crippen molar-refractivity contribution in [3.8, 4) is 17.0 Å². The van der Waals surface area contributed by atoms with Crippen LogP contribution in [0.15, 0.2) is 24.4 Å². The first-order valence-corrected chi connectivity index (χ1v) is 6.75. The second-order valence-electron chi connectivity index (χ2n) is 5.35. The predicted octanol–water partition coefficient (Wildman–Crippen LogP) is 2.53. The summed E-state index contributed by atoms with van der Waals surface area (Å²) in [6.45, 7) is 2.82. The monoisotopic (exact) mass is 275 g/mol. The van der Waals surface area contributed by atoms with Gasteiger partial charge < -0.3 is 15.0 Å². The smallest absolute Gasteiger partial charge is 0.136 e. The van der Waals surface area contributed by atoms with Crippen molar-refractivity contribution < 1.29 is 9.13 Å². The Morgan fingerprint density at radius 3 is 3.00 bits per heavy atom. The molecule has 2 heterocycles. The quantitative estimate of drug-likeness (QED) is 0.916. The molecule has 106 valence electrons. The zero-order valence-electron chi connectivity index (χ0n) is 11.6. The van der Waals surface area contributed by atoms with Crippen LogP contribution < -0.4 is 10.5 Å². The lowest BCUT2D eigenvalue weighted by atomic mass is 9.98. The highest BCUT2D eigenvalue weighted by molar-refractivity contribution is 5.67. The highest BCUT2D eigenvalue weighted by Gasteiger charge is 2.25. The first kappa shape index (κ1) is 13.1. The van der Waals surface area contributed by atoms with Gasteiger partial charge in [0.15, 0.2) is 0 Å². The van der Waals surface area contributed by atoms with Gasteiger partial charge in [0.05, 0.1) is 18.4 Å². The largest absolute Gasteiger partial charge is 0.496 e. The molecule has 0 bridgehead atoms. The fourth-order valence-electron chi connectivity index (χ4n) is 2.90. The molecule has 2 unspecified atom stereocenters. The zero-order valence-corrected chi connectivity index (χ0v) is 11.6. The minimum absolute atomic E-state index is 0.127. The van der Waals surface area contributed by atoms with Gasteiger partial charge in [-0.15, -0.1) is 0 Å². The molecule has 1 aromatic carbocycles. The number of rotatable bonds is 2. The van der Waals surface area contributed by atoms with Crippen LogP contribution >= 0.6 is 0 Å². The predicted molar refractivity (Wildman–Crippen MR) is 75.2 cm³/mol. The molecule has 1 aromatic heterocycles. The Morgan fingerprint density at radius 1 is 1.45 bits per heavy atom. The minimum Gasteiger partial charge on any atom is -0.496 e. The van der Waals surface area contributed by atoms with Gasteiger partial charge in [-0.1, -0.05) is 13.0 Å². The van der Waals surface area contributed by atoms with Crippen molar-refractivity contribution in [2.75, 3.05) is 7.11 Å². The van der Waals surface area contributed by atoms with Crippen LogP contribution in [0.2, 0.25) is 0 Å². The maximum absolute atomic E-state index is 14.1. The molecule has 0 amide bonds. The van der Waals surface area contributed by atoms with Crippen LogP contribution in [0.3, 0.4) is 0 Å². The van der Waals surface area contributed by atoms with E-state index in [0.717, 1.165) is 18.8 Å². The number of hydrogen-bond acceptors (Lipinski definition) is 3. The molecule has 1 aliphatic heterocycles. The van der Waals surface area contributed by atoms with E-state index in [-0.39, 0.29) is 17.8 Å². The van der Waals surface area contributed by atoms with Crippen LogP contribution in [0, 0.1) is 5.82 Å². The Labute approximate surface area is 117 Å². The fourth-order valence-corrected chi connectivity index (χ4v) is 2.90. The number of imidazole rings is 1. The van der Waals surface area contributed by atoms with E-state index in [4.69, 9.17) is 10.5 Å². The van der Waals surface area contributed by atoms with Crippen molar-refractivity contribution in [1.29, 1.82) is 0 Å². The van der Waals surface area contributed by atoms with Crippen LogP contribution in [-0.2, 0) is 6.54 Å². The van der Waals surface area contributed by atoms with Gasteiger partial charge in [0.1, 0.15) is 17.4 Å². The number of nitrogens with zero attached hydrogens (tertiary/aromatic N) is 2. The van der Waals surface area contributed by atoms with Crippen molar-refractivity contribution in [1.82, 2.24) is 9.55 Å². The van der Waals surface area contributed by atoms with Crippen LogP contribution in [0.1, 0.15) is 25.1 Å². The van der Waals surface area contributed by atoms with Gasteiger partial charge in [-0.25, -0.2) is 9.37 Å². The van der Waals surface area contributed by atoms with E-state index in [2.05, 4.69) is 11.9 Å². The lowest BCUT2D eigenvalue weighted by molar-refractivity contribution is 0.407. The number of aromatic nitrogens is 2. The van der Waals surface area contributed by atoms with Gasteiger partial charge in [-0.2, -0.15) is 0 Å². The summed E-state index contributed by atoms with van der Waals surface area (Å²) in [6.07, 6.45) is 2.77. The molecule has 0 radical (unpaired) electrons. The molecule has 2 aromatic rings. The molecule has 3 rings (SSSR count). The summed E-state index contributed by atoms with van der Waals surface area (Å²) < 4.78 is 21.4. The fraction of sp³-hybridized carbons (Fsp3) is 0.400. The highest BCUT2D eigenvalue weighted by atomic mass is 19.1. The third-order valence-electron chi connectivity index (χ3n) is 3.79. The summed E-state index contributed by atoms with van der Waals surface area (Å²) in [4.78, 5) is 4.59. The lowest BCUT2D eigenvalue weighted by Gasteiger charge is -2.25. The van der Waals surface area contributed by atoms with Gasteiger partial charge >= 0.3 is 0 Å². The zero-order chi connectivity index (χ0) is 14.3. The summed E-state index contributed by atoms with van der Waals surface area (Å²) in [5.41, 5.74) is 7.05. The molecule has 4 nitrogen and oxygen atoms in total. The number of benzene rings is 1. The number of nitrogens with two attached hydrogens (primary N) is 1. The SMILES string of the molecule is COc1cccc(F)c1-c1cn2c(n1)C(C)CC(N)C2. The molecule has 0 spiro atoms. The van der Waals surface area contributed by atoms with Crippen molar-refractivity contribution in [3.63, 3.8) is 0 Å². The second kappa shape index (κ2) is 4.90. The molecular formula is C15H18FN3O. The normalized spacial score (nSPS) is 21.6. The van der Waals surface area contributed by atoms with Crippen molar-refractivity contribution in [2.24, 2.45) is 5.73 Å². The average molecular weight is 275 g/mol. The van der Waals surface area contributed by atoms with Crippen LogP contribution in [0.25, 0.3) is 11.3 Å². The summed E-state index contributed by atoms with van der Waals surface area (Å²) >= 11 is 0. The van der Waals surface area contributed by atoms with Crippen molar-refractivity contribution in [2.45, 2.75) is 31.8 Å². The molecule has 0 fully saturated rings. The number of fused-ring (bicyclic) bond motifs is 1. The Bertz CT molecular complexity index is 638. The molecule has 2 N–H and O–H groups in total. The number of halogens is 1. The van der Waals surface area contributed by atoms with E-state index in [1.165, 1.54) is 13.2 Å². The van der Waals surface area contributed by atoms with Gasteiger partial charge in [0.25, 0.3) is 0 Å². The summed E-state index contributed by atoms with van der Waals surface area (Å²) in [5, 5.41) is 0. The Kier molecular flexibility index (Phi) is 3.22. The van der Waals surface area contributed by atoms with Gasteiger partial charge in [-0.3, -0.25) is 0 Å². The number of ether oxygens (including phenoxy) is 1. The van der Waals surface area contributed by atoms with Crippen LogP contribution in [-0.4, -0.2) is 22.7 Å². The van der Waals surface area contributed by atoms with Gasteiger partial charge in [0, 0.05) is 24.7 Å². The standard InChI is InChI=1S/C15H18FN3O/c1-9-6-10(17)7-19-8-12(18-15(9)19)14-11(16)4-3-5-13(14)20-2/h3-5,8-10H,6-7,17H2,1-2H3. The van der Waals surface area contributed by atoms with E-state index in [1.54, 1.807) is 12.1 Å². The Hall–Kier alpha value is -1.88. The topological polar surface area (TPSA) is 53.1 Å². The first-order valence-electron chi connectivity index (χ1n) is 6.75. The first-order chi connectivity index (χ1) is 9.60. The lowest BCUT2D eigenvalue weighted by Crippen LogP contribution is -2.33. The summed E-state index contributed by atoms with van der Waals surface area (Å²) in [5.74, 6) is 1.42. The molecule has 0 saturated carbocycles. The number of methoxy groups -OCH3 is 1. The average Bonchev–Trinajstić information content (AvgIpc) is 2.81.